The second-order valence-electron chi connectivity index (χ2n) is 6.94. The number of aromatic nitrogens is 4. The first-order chi connectivity index (χ1) is 14.8. The standard InChI is InChI=1S/C24H14N4OS/c29-23-17-13-7-8-14-18(17)25-24-28(23)20-19(15-9-3-1-4-10-15)26-21(27-22(20)30-24)16-11-5-2-6-12-16/h1-14H. The third-order valence-corrected chi connectivity index (χ3v) is 6.02. The number of hydrogen-bond donors (Lipinski definition) is 0. The lowest BCUT2D eigenvalue weighted by Gasteiger charge is -2.07. The number of thiazole rings is 1. The molecule has 30 heavy (non-hydrogen) atoms. The average Bonchev–Trinajstić information content (AvgIpc) is 3.18. The van der Waals surface area contributed by atoms with Gasteiger partial charge in [-0.1, -0.05) is 84.1 Å². The summed E-state index contributed by atoms with van der Waals surface area (Å²) >= 11 is 1.41. The van der Waals surface area contributed by atoms with E-state index in [2.05, 4.69) is 0 Å². The van der Waals surface area contributed by atoms with Crippen molar-refractivity contribution < 1.29 is 0 Å². The molecule has 0 amide bonds. The lowest BCUT2D eigenvalue weighted by Crippen LogP contribution is -2.14. The molecule has 0 bridgehead atoms. The van der Waals surface area contributed by atoms with Gasteiger partial charge in [-0.05, 0) is 12.1 Å². The van der Waals surface area contributed by atoms with Crippen LogP contribution in [0.3, 0.4) is 0 Å². The Morgan fingerprint density at radius 2 is 1.37 bits per heavy atom. The molecule has 0 spiro atoms. The maximum Gasteiger partial charge on any atom is 0.267 e. The number of benzene rings is 3. The topological polar surface area (TPSA) is 60.2 Å². The van der Waals surface area contributed by atoms with Crippen LogP contribution >= 0.6 is 11.3 Å². The summed E-state index contributed by atoms with van der Waals surface area (Å²) in [6.45, 7) is 0. The highest BCUT2D eigenvalue weighted by atomic mass is 32.1. The van der Waals surface area contributed by atoms with Crippen LogP contribution in [0.2, 0.25) is 0 Å². The Labute approximate surface area is 174 Å². The number of fused-ring (bicyclic) bond motifs is 4. The van der Waals surface area contributed by atoms with Crippen molar-refractivity contribution in [2.24, 2.45) is 0 Å². The van der Waals surface area contributed by atoms with Gasteiger partial charge in [-0.15, -0.1) is 0 Å². The van der Waals surface area contributed by atoms with Crippen molar-refractivity contribution in [2.45, 2.75) is 0 Å². The van der Waals surface area contributed by atoms with Gasteiger partial charge in [0, 0.05) is 11.1 Å². The summed E-state index contributed by atoms with van der Waals surface area (Å²) in [7, 11) is 0. The quantitative estimate of drug-likeness (QED) is 0.397. The summed E-state index contributed by atoms with van der Waals surface area (Å²) in [6.07, 6.45) is 0. The van der Waals surface area contributed by atoms with E-state index >= 15 is 0 Å². The van der Waals surface area contributed by atoms with Gasteiger partial charge in [-0.25, -0.2) is 19.4 Å². The van der Waals surface area contributed by atoms with E-state index in [1.165, 1.54) is 11.3 Å². The highest BCUT2D eigenvalue weighted by Crippen LogP contribution is 2.33. The molecule has 3 aromatic heterocycles. The van der Waals surface area contributed by atoms with Crippen LogP contribution in [0.4, 0.5) is 0 Å². The van der Waals surface area contributed by atoms with E-state index in [4.69, 9.17) is 15.0 Å². The molecule has 0 fully saturated rings. The van der Waals surface area contributed by atoms with Gasteiger partial charge in [0.2, 0.25) is 0 Å². The van der Waals surface area contributed by atoms with E-state index in [1.54, 1.807) is 4.40 Å². The Morgan fingerprint density at radius 3 is 2.13 bits per heavy atom. The monoisotopic (exact) mass is 406 g/mol. The van der Waals surface area contributed by atoms with Crippen molar-refractivity contribution in [1.82, 2.24) is 19.4 Å². The molecule has 3 heterocycles. The van der Waals surface area contributed by atoms with Gasteiger partial charge in [-0.2, -0.15) is 0 Å². The molecule has 0 N–H and O–H groups in total. The number of hydrogen-bond acceptors (Lipinski definition) is 5. The van der Waals surface area contributed by atoms with Gasteiger partial charge in [-0.3, -0.25) is 4.79 Å². The third kappa shape index (κ3) is 2.54. The first-order valence-corrected chi connectivity index (χ1v) is 10.3. The molecule has 0 aliphatic heterocycles. The zero-order chi connectivity index (χ0) is 20.1. The average molecular weight is 406 g/mol. The van der Waals surface area contributed by atoms with Crippen molar-refractivity contribution in [3.05, 3.63) is 95.3 Å². The number of rotatable bonds is 2. The minimum absolute atomic E-state index is 0.102. The molecule has 5 nitrogen and oxygen atoms in total. The summed E-state index contributed by atoms with van der Waals surface area (Å²) in [5.74, 6) is 0.631. The van der Waals surface area contributed by atoms with Gasteiger partial charge in [0.15, 0.2) is 10.8 Å². The van der Waals surface area contributed by atoms with Crippen LogP contribution in [0, 0.1) is 0 Å². The Bertz CT molecular complexity index is 1610. The van der Waals surface area contributed by atoms with Crippen molar-refractivity contribution >= 4 is 37.5 Å². The molecule has 142 valence electrons. The Balaban J connectivity index is 1.80. The predicted octanol–water partition coefficient (Wildman–Crippen LogP) is 5.19. The summed E-state index contributed by atoms with van der Waals surface area (Å²) < 4.78 is 1.65. The minimum Gasteiger partial charge on any atom is -0.268 e. The van der Waals surface area contributed by atoms with Crippen LogP contribution < -0.4 is 5.56 Å². The van der Waals surface area contributed by atoms with Gasteiger partial charge in [0.05, 0.1) is 10.9 Å². The van der Waals surface area contributed by atoms with Gasteiger partial charge in [0.25, 0.3) is 5.56 Å². The zero-order valence-corrected chi connectivity index (χ0v) is 16.5. The van der Waals surface area contributed by atoms with E-state index in [-0.39, 0.29) is 5.56 Å². The second-order valence-corrected chi connectivity index (χ2v) is 7.89. The molecule has 0 saturated carbocycles. The highest BCUT2D eigenvalue weighted by molar-refractivity contribution is 7.23. The molecule has 6 heteroatoms. The fourth-order valence-corrected chi connectivity index (χ4v) is 4.68. The minimum atomic E-state index is -0.102. The lowest BCUT2D eigenvalue weighted by atomic mass is 10.1. The van der Waals surface area contributed by atoms with Crippen molar-refractivity contribution in [1.29, 1.82) is 0 Å². The molecule has 6 rings (SSSR count). The van der Waals surface area contributed by atoms with Crippen LogP contribution in [0.25, 0.3) is 48.9 Å². The van der Waals surface area contributed by atoms with Gasteiger partial charge in [0.1, 0.15) is 16.0 Å². The molecule has 0 unspecified atom stereocenters. The van der Waals surface area contributed by atoms with Gasteiger partial charge < -0.3 is 0 Å². The van der Waals surface area contributed by atoms with E-state index in [0.29, 0.717) is 27.2 Å². The maximum atomic E-state index is 13.4. The molecule has 0 aliphatic rings. The first-order valence-electron chi connectivity index (χ1n) is 9.52. The van der Waals surface area contributed by atoms with Gasteiger partial charge >= 0.3 is 0 Å². The normalized spacial score (nSPS) is 11.5. The molecule has 0 saturated heterocycles. The summed E-state index contributed by atoms with van der Waals surface area (Å²) in [5, 5.41) is 0.584. The smallest absolute Gasteiger partial charge is 0.267 e. The van der Waals surface area contributed by atoms with Crippen LogP contribution in [0.15, 0.2) is 89.7 Å². The van der Waals surface area contributed by atoms with E-state index in [0.717, 1.165) is 21.7 Å². The fraction of sp³-hybridized carbons (Fsp3) is 0. The van der Waals surface area contributed by atoms with E-state index in [1.807, 2.05) is 84.9 Å². The molecule has 0 aliphatic carbocycles. The third-order valence-electron chi connectivity index (χ3n) is 5.09. The van der Waals surface area contributed by atoms with Crippen LogP contribution in [-0.4, -0.2) is 19.4 Å². The summed E-state index contributed by atoms with van der Waals surface area (Å²) in [4.78, 5) is 29.2. The first kappa shape index (κ1) is 17.0. The van der Waals surface area contributed by atoms with Crippen molar-refractivity contribution in [3.63, 3.8) is 0 Å². The number of para-hydroxylation sites is 1. The molecule has 3 aromatic carbocycles. The summed E-state index contributed by atoms with van der Waals surface area (Å²) in [5.41, 5.74) is 3.87. The Kier molecular flexibility index (Phi) is 3.72. The Hall–Kier alpha value is -3.90. The van der Waals surface area contributed by atoms with Crippen molar-refractivity contribution in [3.8, 4) is 22.6 Å². The SMILES string of the molecule is O=c1c2ccccc2nc2sc3nc(-c4ccccc4)nc(-c4ccccc4)c3n12. The molecular weight excluding hydrogens is 392 g/mol. The van der Waals surface area contributed by atoms with Crippen LogP contribution in [0.5, 0.6) is 0 Å². The second kappa shape index (κ2) is 6.57. The van der Waals surface area contributed by atoms with E-state index in [9.17, 15) is 4.79 Å². The predicted molar refractivity (Wildman–Crippen MR) is 121 cm³/mol. The molecule has 0 atom stereocenters. The Morgan fingerprint density at radius 1 is 0.700 bits per heavy atom. The zero-order valence-electron chi connectivity index (χ0n) is 15.7. The van der Waals surface area contributed by atoms with E-state index < -0.39 is 0 Å². The van der Waals surface area contributed by atoms with Crippen LogP contribution in [-0.2, 0) is 0 Å². The fourth-order valence-electron chi connectivity index (χ4n) is 3.69. The summed E-state index contributed by atoms with van der Waals surface area (Å²) in [6, 6.07) is 27.2. The largest absolute Gasteiger partial charge is 0.268 e. The lowest BCUT2D eigenvalue weighted by molar-refractivity contribution is 1.13. The maximum absolute atomic E-state index is 13.4. The van der Waals surface area contributed by atoms with Crippen molar-refractivity contribution in [2.75, 3.05) is 0 Å². The highest BCUT2D eigenvalue weighted by Gasteiger charge is 2.19. The van der Waals surface area contributed by atoms with Crippen LogP contribution in [0.1, 0.15) is 0 Å². The molecular formula is C24H14N4OS. The molecule has 6 aromatic rings. The molecule has 0 radical (unpaired) electrons. The number of nitrogens with zero attached hydrogens (tertiary/aromatic N) is 4.